The van der Waals surface area contributed by atoms with Crippen LogP contribution in [0.1, 0.15) is 43.0 Å². The molecule has 4 nitrogen and oxygen atoms in total. The maximum Gasteiger partial charge on any atom is 0.242 e. The van der Waals surface area contributed by atoms with Crippen LogP contribution in [0.3, 0.4) is 0 Å². The normalized spacial score (nSPS) is 20.5. The molecule has 2 amide bonds. The molecule has 1 saturated heterocycles. The third-order valence-corrected chi connectivity index (χ3v) is 6.32. The number of amides is 2. The van der Waals surface area contributed by atoms with Gasteiger partial charge in [-0.15, -0.1) is 0 Å². The molecule has 1 unspecified atom stereocenters. The summed E-state index contributed by atoms with van der Waals surface area (Å²) in [7, 11) is 0. The second-order valence-corrected chi connectivity index (χ2v) is 8.78. The average Bonchev–Trinajstić information content (AvgIpc) is 2.68. The third kappa shape index (κ3) is 3.42. The maximum atomic E-state index is 12.9. The van der Waals surface area contributed by atoms with Gasteiger partial charge in [0.05, 0.1) is 12.6 Å². The second-order valence-electron chi connectivity index (χ2n) is 8.37. The lowest BCUT2D eigenvalue weighted by molar-refractivity contribution is -0.150. The van der Waals surface area contributed by atoms with Crippen molar-refractivity contribution in [2.75, 3.05) is 19.6 Å². The van der Waals surface area contributed by atoms with Crippen molar-refractivity contribution < 1.29 is 9.59 Å². The van der Waals surface area contributed by atoms with Crippen LogP contribution in [0.2, 0.25) is 5.02 Å². The predicted molar refractivity (Wildman–Crippen MR) is 110 cm³/mol. The van der Waals surface area contributed by atoms with Crippen molar-refractivity contribution in [1.29, 1.82) is 0 Å². The topological polar surface area (TPSA) is 40.6 Å². The number of piperazine rings is 1. The first-order valence-electron chi connectivity index (χ1n) is 9.77. The lowest BCUT2D eigenvalue weighted by Crippen LogP contribution is -2.58. The second kappa shape index (κ2) is 7.25. The van der Waals surface area contributed by atoms with E-state index in [0.717, 1.165) is 11.1 Å². The number of hydrogen-bond donors (Lipinski definition) is 0. The van der Waals surface area contributed by atoms with Gasteiger partial charge in [0, 0.05) is 29.9 Å². The SMILES string of the molecule is CC1(C)CN2C(=O)CN(C(=O)CCc3ccccc3Cl)CC2c2ccccc21. The average molecular weight is 397 g/mol. The summed E-state index contributed by atoms with van der Waals surface area (Å²) in [5, 5.41) is 0.680. The molecule has 2 aliphatic heterocycles. The lowest BCUT2D eigenvalue weighted by atomic mass is 9.75. The van der Waals surface area contributed by atoms with Crippen molar-refractivity contribution in [1.82, 2.24) is 9.80 Å². The molecule has 1 fully saturated rings. The number of carbonyl (C=O) groups excluding carboxylic acids is 2. The van der Waals surface area contributed by atoms with Crippen molar-refractivity contribution in [2.24, 2.45) is 0 Å². The molecule has 0 N–H and O–H groups in total. The van der Waals surface area contributed by atoms with Gasteiger partial charge in [0.25, 0.3) is 0 Å². The molecule has 146 valence electrons. The largest absolute Gasteiger partial charge is 0.331 e. The summed E-state index contributed by atoms with van der Waals surface area (Å²) in [5.41, 5.74) is 3.32. The highest BCUT2D eigenvalue weighted by molar-refractivity contribution is 6.31. The molecule has 0 bridgehead atoms. The van der Waals surface area contributed by atoms with E-state index in [1.165, 1.54) is 5.56 Å². The van der Waals surface area contributed by atoms with E-state index < -0.39 is 0 Å². The van der Waals surface area contributed by atoms with Crippen LogP contribution in [0.25, 0.3) is 0 Å². The van der Waals surface area contributed by atoms with Gasteiger partial charge in [-0.25, -0.2) is 0 Å². The van der Waals surface area contributed by atoms with E-state index in [1.54, 1.807) is 4.90 Å². The molecule has 0 aliphatic carbocycles. The van der Waals surface area contributed by atoms with Crippen LogP contribution in [0.15, 0.2) is 48.5 Å². The Morgan fingerprint density at radius 1 is 1.14 bits per heavy atom. The molecule has 5 heteroatoms. The van der Waals surface area contributed by atoms with E-state index in [9.17, 15) is 9.59 Å². The summed E-state index contributed by atoms with van der Waals surface area (Å²) in [6, 6.07) is 15.8. The number of hydrogen-bond acceptors (Lipinski definition) is 2. The number of carbonyl (C=O) groups is 2. The molecule has 2 aliphatic rings. The van der Waals surface area contributed by atoms with Crippen molar-refractivity contribution in [3.05, 3.63) is 70.2 Å². The highest BCUT2D eigenvalue weighted by Crippen LogP contribution is 2.41. The Labute approximate surface area is 171 Å². The Morgan fingerprint density at radius 3 is 2.64 bits per heavy atom. The minimum Gasteiger partial charge on any atom is -0.331 e. The maximum absolute atomic E-state index is 12.9. The Balaban J connectivity index is 1.53. The number of benzene rings is 2. The zero-order valence-corrected chi connectivity index (χ0v) is 17.1. The van der Waals surface area contributed by atoms with Gasteiger partial charge in [-0.1, -0.05) is 67.9 Å². The first-order valence-corrected chi connectivity index (χ1v) is 10.1. The number of rotatable bonds is 3. The molecule has 1 atom stereocenters. The third-order valence-electron chi connectivity index (χ3n) is 5.95. The van der Waals surface area contributed by atoms with E-state index in [2.05, 4.69) is 26.0 Å². The van der Waals surface area contributed by atoms with Crippen LogP contribution in [0.5, 0.6) is 0 Å². The number of fused-ring (bicyclic) bond motifs is 3. The Kier molecular flexibility index (Phi) is 4.92. The monoisotopic (exact) mass is 396 g/mol. The molecular formula is C23H25ClN2O2. The predicted octanol–water partition coefficient (Wildman–Crippen LogP) is 3.98. The number of halogens is 1. The fraction of sp³-hybridized carbons (Fsp3) is 0.391. The molecule has 2 aromatic carbocycles. The van der Waals surface area contributed by atoms with Crippen LogP contribution < -0.4 is 0 Å². The summed E-state index contributed by atoms with van der Waals surface area (Å²) < 4.78 is 0. The molecule has 0 saturated carbocycles. The summed E-state index contributed by atoms with van der Waals surface area (Å²) in [6.45, 7) is 5.76. The Morgan fingerprint density at radius 2 is 1.86 bits per heavy atom. The molecule has 28 heavy (non-hydrogen) atoms. The van der Waals surface area contributed by atoms with Crippen molar-refractivity contribution in [2.45, 2.75) is 38.1 Å². The van der Waals surface area contributed by atoms with Crippen molar-refractivity contribution >= 4 is 23.4 Å². The van der Waals surface area contributed by atoms with Crippen LogP contribution in [-0.4, -0.2) is 41.2 Å². The first kappa shape index (κ1) is 19.0. The van der Waals surface area contributed by atoms with Crippen molar-refractivity contribution in [3.8, 4) is 0 Å². The molecular weight excluding hydrogens is 372 g/mol. The number of aryl methyl sites for hydroxylation is 1. The highest BCUT2D eigenvalue weighted by atomic mass is 35.5. The summed E-state index contributed by atoms with van der Waals surface area (Å²) in [5.74, 6) is 0.0418. The zero-order chi connectivity index (χ0) is 19.9. The fourth-order valence-electron chi connectivity index (χ4n) is 4.47. The number of nitrogens with zero attached hydrogens (tertiary/aromatic N) is 2. The van der Waals surface area contributed by atoms with Gasteiger partial charge in [-0.2, -0.15) is 0 Å². The molecule has 0 spiro atoms. The smallest absolute Gasteiger partial charge is 0.242 e. The van der Waals surface area contributed by atoms with Gasteiger partial charge >= 0.3 is 0 Å². The standard InChI is InChI=1S/C23H25ClN2O2/c1-23(2)15-26-20(17-8-4-5-9-18(17)23)13-25(14-22(26)28)21(27)12-11-16-7-3-6-10-19(16)24/h3-10,20H,11-15H2,1-2H3. The molecule has 0 radical (unpaired) electrons. The minimum absolute atomic E-state index is 0.00948. The Hall–Kier alpha value is -2.33. The quantitative estimate of drug-likeness (QED) is 0.787. The highest BCUT2D eigenvalue weighted by Gasteiger charge is 2.43. The van der Waals surface area contributed by atoms with Crippen LogP contribution in [-0.2, 0) is 21.4 Å². The van der Waals surface area contributed by atoms with Crippen LogP contribution in [0.4, 0.5) is 0 Å². The van der Waals surface area contributed by atoms with E-state index in [0.29, 0.717) is 31.0 Å². The van der Waals surface area contributed by atoms with E-state index in [1.807, 2.05) is 41.3 Å². The molecule has 2 heterocycles. The van der Waals surface area contributed by atoms with Gasteiger partial charge in [0.2, 0.25) is 11.8 Å². The van der Waals surface area contributed by atoms with Crippen molar-refractivity contribution in [3.63, 3.8) is 0 Å². The van der Waals surface area contributed by atoms with E-state index in [-0.39, 0.29) is 29.8 Å². The van der Waals surface area contributed by atoms with Crippen LogP contribution >= 0.6 is 11.6 Å². The summed E-state index contributed by atoms with van der Waals surface area (Å²) in [4.78, 5) is 29.4. The first-order chi connectivity index (χ1) is 13.4. The molecule has 4 rings (SSSR count). The van der Waals surface area contributed by atoms with Gasteiger partial charge in [-0.3, -0.25) is 9.59 Å². The van der Waals surface area contributed by atoms with Gasteiger partial charge in [0.15, 0.2) is 0 Å². The Bertz CT molecular complexity index is 924. The fourth-order valence-corrected chi connectivity index (χ4v) is 4.70. The van der Waals surface area contributed by atoms with Gasteiger partial charge in [0.1, 0.15) is 0 Å². The summed E-state index contributed by atoms with van der Waals surface area (Å²) >= 11 is 6.21. The summed E-state index contributed by atoms with van der Waals surface area (Å²) in [6.07, 6.45) is 0.943. The lowest BCUT2D eigenvalue weighted by Gasteiger charge is -2.49. The van der Waals surface area contributed by atoms with Gasteiger partial charge in [-0.05, 0) is 29.2 Å². The molecule has 0 aromatic heterocycles. The minimum atomic E-state index is -0.0843. The van der Waals surface area contributed by atoms with Crippen LogP contribution in [0, 0.1) is 0 Å². The van der Waals surface area contributed by atoms with Gasteiger partial charge < -0.3 is 9.80 Å². The zero-order valence-electron chi connectivity index (χ0n) is 16.3. The van der Waals surface area contributed by atoms with E-state index >= 15 is 0 Å². The van der Waals surface area contributed by atoms with E-state index in [4.69, 9.17) is 11.6 Å². The molecule has 2 aromatic rings.